The SMILES string of the molecule is O=C(Oc1cc(F)ccc1[N+](=O)[O-])c1cc(=O)[nH]c2ccccc12. The van der Waals surface area contributed by atoms with Crippen LogP contribution in [0.2, 0.25) is 0 Å². The molecule has 1 aromatic heterocycles. The Morgan fingerprint density at radius 3 is 2.67 bits per heavy atom. The summed E-state index contributed by atoms with van der Waals surface area (Å²) in [5.41, 5.74) is -0.758. The van der Waals surface area contributed by atoms with Crippen LogP contribution in [0.1, 0.15) is 10.4 Å². The molecule has 7 nitrogen and oxygen atoms in total. The quantitative estimate of drug-likeness (QED) is 0.345. The van der Waals surface area contributed by atoms with Crippen LogP contribution in [0.15, 0.2) is 53.3 Å². The molecule has 0 radical (unpaired) electrons. The molecule has 0 spiro atoms. The second-order valence-electron chi connectivity index (χ2n) is 4.85. The number of para-hydroxylation sites is 1. The highest BCUT2D eigenvalue weighted by atomic mass is 19.1. The lowest BCUT2D eigenvalue weighted by Gasteiger charge is -2.07. The first kappa shape index (κ1) is 15.3. The van der Waals surface area contributed by atoms with Crippen molar-refractivity contribution in [3.8, 4) is 5.75 Å². The molecule has 2 aromatic carbocycles. The van der Waals surface area contributed by atoms with Gasteiger partial charge >= 0.3 is 11.7 Å². The number of carbonyl (C=O) groups is 1. The summed E-state index contributed by atoms with van der Waals surface area (Å²) in [5.74, 6) is -2.32. The zero-order chi connectivity index (χ0) is 17.3. The minimum Gasteiger partial charge on any atom is -0.415 e. The second-order valence-corrected chi connectivity index (χ2v) is 4.85. The number of hydrogen-bond donors (Lipinski definition) is 1. The van der Waals surface area contributed by atoms with E-state index in [9.17, 15) is 24.1 Å². The molecule has 0 aliphatic carbocycles. The van der Waals surface area contributed by atoms with Crippen LogP contribution in [0.4, 0.5) is 10.1 Å². The highest BCUT2D eigenvalue weighted by Gasteiger charge is 2.21. The summed E-state index contributed by atoms with van der Waals surface area (Å²) in [7, 11) is 0. The van der Waals surface area contributed by atoms with Crippen molar-refractivity contribution < 1.29 is 18.8 Å². The van der Waals surface area contributed by atoms with E-state index in [2.05, 4.69) is 4.98 Å². The van der Waals surface area contributed by atoms with Crippen molar-refractivity contribution in [3.63, 3.8) is 0 Å². The predicted octanol–water partition coefficient (Wildman–Crippen LogP) is 2.79. The Labute approximate surface area is 133 Å². The first-order valence-corrected chi connectivity index (χ1v) is 6.74. The van der Waals surface area contributed by atoms with Gasteiger partial charge in [-0.3, -0.25) is 14.9 Å². The first-order chi connectivity index (χ1) is 11.5. The van der Waals surface area contributed by atoms with Crippen molar-refractivity contribution in [1.82, 2.24) is 4.98 Å². The van der Waals surface area contributed by atoms with Gasteiger partial charge in [0, 0.05) is 29.1 Å². The number of pyridine rings is 1. The molecule has 120 valence electrons. The molecule has 3 aromatic rings. The second kappa shape index (κ2) is 5.92. The van der Waals surface area contributed by atoms with Crippen LogP contribution in [0.5, 0.6) is 5.75 Å². The lowest BCUT2D eigenvalue weighted by atomic mass is 10.1. The van der Waals surface area contributed by atoms with Crippen LogP contribution in [-0.2, 0) is 0 Å². The molecule has 1 N–H and O–H groups in total. The van der Waals surface area contributed by atoms with Crippen LogP contribution < -0.4 is 10.3 Å². The number of esters is 1. The molecule has 0 aliphatic heterocycles. The van der Waals surface area contributed by atoms with E-state index < -0.39 is 33.7 Å². The molecule has 0 amide bonds. The Bertz CT molecular complexity index is 1030. The van der Waals surface area contributed by atoms with E-state index in [4.69, 9.17) is 4.74 Å². The van der Waals surface area contributed by atoms with Gasteiger partial charge in [0.2, 0.25) is 11.3 Å². The van der Waals surface area contributed by atoms with Crippen molar-refractivity contribution in [2.75, 3.05) is 0 Å². The minimum absolute atomic E-state index is 0.0760. The number of aromatic nitrogens is 1. The van der Waals surface area contributed by atoms with Crippen molar-refractivity contribution in [1.29, 1.82) is 0 Å². The number of nitrogens with one attached hydrogen (secondary N) is 1. The van der Waals surface area contributed by atoms with Gasteiger partial charge in [0.05, 0.1) is 10.5 Å². The van der Waals surface area contributed by atoms with Gasteiger partial charge in [-0.2, -0.15) is 0 Å². The van der Waals surface area contributed by atoms with E-state index in [0.29, 0.717) is 10.9 Å². The highest BCUT2D eigenvalue weighted by Crippen LogP contribution is 2.28. The minimum atomic E-state index is -0.994. The molecule has 1 heterocycles. The van der Waals surface area contributed by atoms with E-state index in [1.54, 1.807) is 24.3 Å². The van der Waals surface area contributed by atoms with Gasteiger partial charge in [-0.25, -0.2) is 9.18 Å². The van der Waals surface area contributed by atoms with Gasteiger partial charge in [0.25, 0.3) is 0 Å². The highest BCUT2D eigenvalue weighted by molar-refractivity contribution is 6.04. The molecule has 0 saturated heterocycles. The van der Waals surface area contributed by atoms with Crippen LogP contribution in [0.3, 0.4) is 0 Å². The van der Waals surface area contributed by atoms with Crippen LogP contribution in [0.25, 0.3) is 10.9 Å². The molecule has 0 saturated carbocycles. The molecular formula is C16H9FN2O5. The number of nitro groups is 1. The maximum atomic E-state index is 13.3. The Hall–Kier alpha value is -3.55. The lowest BCUT2D eigenvalue weighted by Crippen LogP contribution is -2.15. The molecule has 0 atom stereocenters. The van der Waals surface area contributed by atoms with Gasteiger partial charge in [-0.05, 0) is 12.1 Å². The Kier molecular flexibility index (Phi) is 3.78. The monoisotopic (exact) mass is 328 g/mol. The van der Waals surface area contributed by atoms with E-state index >= 15 is 0 Å². The number of ether oxygens (including phenoxy) is 1. The molecule has 0 bridgehead atoms. The molecule has 0 unspecified atom stereocenters. The summed E-state index contributed by atoms with van der Waals surface area (Å²) in [6.07, 6.45) is 0. The van der Waals surface area contributed by atoms with Crippen LogP contribution >= 0.6 is 0 Å². The van der Waals surface area contributed by atoms with E-state index in [0.717, 1.165) is 24.3 Å². The predicted molar refractivity (Wildman–Crippen MR) is 82.6 cm³/mol. The van der Waals surface area contributed by atoms with Gasteiger partial charge in [-0.15, -0.1) is 0 Å². The third-order valence-corrected chi connectivity index (χ3v) is 3.29. The fraction of sp³-hybridized carbons (Fsp3) is 0. The van der Waals surface area contributed by atoms with Crippen molar-refractivity contribution in [2.45, 2.75) is 0 Å². The van der Waals surface area contributed by atoms with Crippen molar-refractivity contribution in [3.05, 3.63) is 80.4 Å². The molecule has 0 aliphatic rings. The average Bonchev–Trinajstić information content (AvgIpc) is 2.53. The van der Waals surface area contributed by atoms with Gasteiger partial charge < -0.3 is 9.72 Å². The first-order valence-electron chi connectivity index (χ1n) is 6.74. The number of H-pyrrole nitrogens is 1. The van der Waals surface area contributed by atoms with Crippen LogP contribution in [-0.4, -0.2) is 15.9 Å². The fourth-order valence-electron chi connectivity index (χ4n) is 2.25. The number of fused-ring (bicyclic) bond motifs is 1. The summed E-state index contributed by atoms with van der Waals surface area (Å²) < 4.78 is 18.3. The Balaban J connectivity index is 2.07. The summed E-state index contributed by atoms with van der Waals surface area (Å²) in [4.78, 5) is 36.7. The third-order valence-electron chi connectivity index (χ3n) is 3.29. The van der Waals surface area contributed by atoms with Crippen molar-refractivity contribution in [2.24, 2.45) is 0 Å². The van der Waals surface area contributed by atoms with E-state index in [-0.39, 0.29) is 5.56 Å². The zero-order valence-electron chi connectivity index (χ0n) is 12.0. The largest absolute Gasteiger partial charge is 0.415 e. The number of nitro benzene ring substituents is 1. The average molecular weight is 328 g/mol. The fourth-order valence-corrected chi connectivity index (χ4v) is 2.25. The molecule has 0 fully saturated rings. The topological polar surface area (TPSA) is 102 Å². The van der Waals surface area contributed by atoms with E-state index in [1.165, 1.54) is 0 Å². The summed E-state index contributed by atoms with van der Waals surface area (Å²) in [6.45, 7) is 0. The van der Waals surface area contributed by atoms with Gasteiger partial charge in [0.15, 0.2) is 0 Å². The number of rotatable bonds is 3. The summed E-state index contributed by atoms with van der Waals surface area (Å²) >= 11 is 0. The van der Waals surface area contributed by atoms with Crippen molar-refractivity contribution >= 4 is 22.6 Å². The van der Waals surface area contributed by atoms with Gasteiger partial charge in [-0.1, -0.05) is 18.2 Å². The molecule has 3 rings (SSSR count). The lowest BCUT2D eigenvalue weighted by molar-refractivity contribution is -0.385. The number of hydrogen-bond acceptors (Lipinski definition) is 5. The number of carbonyl (C=O) groups excluding carboxylic acids is 1. The van der Waals surface area contributed by atoms with Crippen LogP contribution in [0, 0.1) is 15.9 Å². The standard InChI is InChI=1S/C16H9FN2O5/c17-9-5-6-13(19(22)23)14(7-9)24-16(21)11-8-15(20)18-12-4-2-1-3-10(11)12/h1-8H,(H,18,20). The molecular weight excluding hydrogens is 319 g/mol. The maximum Gasteiger partial charge on any atom is 0.344 e. The summed E-state index contributed by atoms with van der Waals surface area (Å²) in [5, 5.41) is 11.4. The third kappa shape index (κ3) is 2.84. The Morgan fingerprint density at radius 2 is 1.92 bits per heavy atom. The zero-order valence-corrected chi connectivity index (χ0v) is 12.0. The molecule has 24 heavy (non-hydrogen) atoms. The maximum absolute atomic E-state index is 13.3. The summed E-state index contributed by atoms with van der Waals surface area (Å²) in [6, 6.07) is 10.1. The normalized spacial score (nSPS) is 10.5. The van der Waals surface area contributed by atoms with Gasteiger partial charge in [0.1, 0.15) is 5.82 Å². The number of halogens is 1. The number of benzene rings is 2. The Morgan fingerprint density at radius 1 is 1.17 bits per heavy atom. The van der Waals surface area contributed by atoms with E-state index in [1.807, 2.05) is 0 Å². The molecule has 8 heteroatoms. The number of nitrogens with zero attached hydrogens (tertiary/aromatic N) is 1. The number of aromatic amines is 1. The smallest absolute Gasteiger partial charge is 0.344 e.